The van der Waals surface area contributed by atoms with Crippen LogP contribution in [0.1, 0.15) is 40.0 Å². The molecular weight excluding hydrogens is 519 g/mol. The Morgan fingerprint density at radius 1 is 1.21 bits per heavy atom. The minimum atomic E-state index is -4.21. The van der Waals surface area contributed by atoms with Crippen LogP contribution in [0.3, 0.4) is 0 Å². The van der Waals surface area contributed by atoms with Crippen LogP contribution in [0, 0.1) is 5.82 Å². The van der Waals surface area contributed by atoms with Crippen LogP contribution in [0.5, 0.6) is 5.88 Å². The molecule has 2 aromatic heterocycles. The Morgan fingerprint density at radius 2 is 1.92 bits per heavy atom. The quantitative estimate of drug-likeness (QED) is 0.471. The number of sulfonamides is 1. The normalized spacial score (nSPS) is 14.6. The van der Waals surface area contributed by atoms with Crippen molar-refractivity contribution in [1.29, 1.82) is 0 Å². The molecule has 1 aliphatic heterocycles. The molecule has 1 N–H and O–H groups in total. The number of nitrogens with one attached hydrogen (secondary N) is 1. The third-order valence-electron chi connectivity index (χ3n) is 5.98. The molecule has 14 heteroatoms. The Hall–Kier alpha value is -3.81. The lowest BCUT2D eigenvalue weighted by molar-refractivity contribution is -0.119. The van der Waals surface area contributed by atoms with Gasteiger partial charge >= 0.3 is 6.09 Å². The highest BCUT2D eigenvalue weighted by atomic mass is 32.2. The van der Waals surface area contributed by atoms with Gasteiger partial charge in [0.25, 0.3) is 10.0 Å². The summed E-state index contributed by atoms with van der Waals surface area (Å²) in [6.45, 7) is 6.05. The minimum absolute atomic E-state index is 0.0259. The van der Waals surface area contributed by atoms with Crippen molar-refractivity contribution in [2.24, 2.45) is 7.05 Å². The van der Waals surface area contributed by atoms with Gasteiger partial charge in [-0.1, -0.05) is 6.92 Å². The average Bonchev–Trinajstić information content (AvgIpc) is 3.20. The van der Waals surface area contributed by atoms with Gasteiger partial charge in [0.2, 0.25) is 11.8 Å². The van der Waals surface area contributed by atoms with Gasteiger partial charge in [-0.2, -0.15) is 10.1 Å². The molecule has 3 heterocycles. The summed E-state index contributed by atoms with van der Waals surface area (Å²) in [6.07, 6.45) is 1.63. The highest BCUT2D eigenvalue weighted by Gasteiger charge is 2.28. The van der Waals surface area contributed by atoms with E-state index in [9.17, 15) is 18.0 Å². The highest BCUT2D eigenvalue weighted by molar-refractivity contribution is 7.90. The zero-order chi connectivity index (χ0) is 27.6. The number of rotatable bonds is 7. The first-order chi connectivity index (χ1) is 18.0. The van der Waals surface area contributed by atoms with Crippen LogP contribution in [-0.2, 0) is 26.6 Å². The van der Waals surface area contributed by atoms with Crippen molar-refractivity contribution < 1.29 is 31.9 Å². The van der Waals surface area contributed by atoms with Gasteiger partial charge in [0, 0.05) is 45.0 Å². The van der Waals surface area contributed by atoms with Crippen LogP contribution in [0.2, 0.25) is 0 Å². The number of fused-ring (bicyclic) bond motifs is 1. The van der Waals surface area contributed by atoms with E-state index in [1.165, 1.54) is 30.1 Å². The van der Waals surface area contributed by atoms with Gasteiger partial charge in [0.1, 0.15) is 35.0 Å². The van der Waals surface area contributed by atoms with Gasteiger partial charge in [-0.05, 0) is 32.0 Å². The van der Waals surface area contributed by atoms with Crippen molar-refractivity contribution in [1.82, 2.24) is 29.4 Å². The fourth-order valence-electron chi connectivity index (χ4n) is 4.07. The number of carbonyl (C=O) groups excluding carboxylic acids is 2. The number of carbonyl (C=O) groups is 2. The van der Waals surface area contributed by atoms with E-state index in [0.29, 0.717) is 37.0 Å². The van der Waals surface area contributed by atoms with E-state index in [0.717, 1.165) is 6.07 Å². The predicted molar refractivity (Wildman–Crippen MR) is 134 cm³/mol. The fourth-order valence-corrected chi connectivity index (χ4v) is 5.14. The lowest BCUT2D eigenvalue weighted by atomic mass is 10.1. The van der Waals surface area contributed by atoms with Gasteiger partial charge in [-0.15, -0.1) is 0 Å². The molecule has 0 spiro atoms. The summed E-state index contributed by atoms with van der Waals surface area (Å²) in [7, 11) is -2.57. The summed E-state index contributed by atoms with van der Waals surface area (Å²) in [4.78, 5) is 33.5. The average molecular weight is 549 g/mol. The van der Waals surface area contributed by atoms with E-state index in [1.807, 2.05) is 4.72 Å². The van der Waals surface area contributed by atoms with Crippen molar-refractivity contribution in [3.8, 4) is 17.1 Å². The fraction of sp³-hybridized carbons (Fsp3) is 0.458. The van der Waals surface area contributed by atoms with Crippen LogP contribution < -0.4 is 9.46 Å². The molecule has 1 fully saturated rings. The molecule has 12 nitrogen and oxygen atoms in total. The Balaban J connectivity index is 1.57. The maximum absolute atomic E-state index is 15.1. The first-order valence-corrected chi connectivity index (χ1v) is 13.6. The molecule has 2 amide bonds. The number of aryl methyl sites for hydroxylation is 1. The first-order valence-electron chi connectivity index (χ1n) is 12.2. The molecule has 38 heavy (non-hydrogen) atoms. The number of aromatic nitrogens is 4. The second kappa shape index (κ2) is 10.9. The van der Waals surface area contributed by atoms with Crippen LogP contribution in [0.4, 0.5) is 9.18 Å². The van der Waals surface area contributed by atoms with E-state index in [2.05, 4.69) is 15.1 Å². The van der Waals surface area contributed by atoms with Gasteiger partial charge in [-0.3, -0.25) is 9.48 Å². The van der Waals surface area contributed by atoms with Crippen molar-refractivity contribution in [3.63, 3.8) is 0 Å². The number of piperidine rings is 1. The van der Waals surface area contributed by atoms with Crippen molar-refractivity contribution in [2.45, 2.75) is 57.1 Å². The van der Waals surface area contributed by atoms with E-state index in [1.54, 1.807) is 25.8 Å². The second-order valence-corrected chi connectivity index (χ2v) is 10.8. The van der Waals surface area contributed by atoms with Crippen molar-refractivity contribution in [3.05, 3.63) is 30.3 Å². The molecular formula is C24H29FN6O6S. The molecule has 0 aliphatic carbocycles. The summed E-state index contributed by atoms with van der Waals surface area (Å²) in [6, 6.07) is 3.30. The lowest BCUT2D eigenvalue weighted by Crippen LogP contribution is -2.42. The zero-order valence-electron chi connectivity index (χ0n) is 21.5. The monoisotopic (exact) mass is 548 g/mol. The molecule has 0 bridgehead atoms. The standard InChI is InChI=1S/C24H29FN6O6S/c1-5-19(32)29-38(34,35)16-6-7-17(18(25)12-16)20-21-22(30(4)28-20)23(27-13-26-21)37-15-8-10-31(11-9-15)24(33)36-14(2)3/h6-7,12-15H,5,8-11H2,1-4H3,(H,29,32). The molecule has 0 atom stereocenters. The molecule has 1 aliphatic rings. The van der Waals surface area contributed by atoms with Crippen LogP contribution >= 0.6 is 0 Å². The Kier molecular flexibility index (Phi) is 7.81. The van der Waals surface area contributed by atoms with E-state index in [4.69, 9.17) is 9.47 Å². The summed E-state index contributed by atoms with van der Waals surface area (Å²) < 4.78 is 54.6. The maximum atomic E-state index is 15.1. The van der Waals surface area contributed by atoms with Crippen molar-refractivity contribution in [2.75, 3.05) is 13.1 Å². The summed E-state index contributed by atoms with van der Waals surface area (Å²) in [5, 5.41) is 4.40. The number of ether oxygens (including phenoxy) is 2. The van der Waals surface area contributed by atoms with E-state index in [-0.39, 0.29) is 46.8 Å². The molecule has 0 unspecified atom stereocenters. The summed E-state index contributed by atoms with van der Waals surface area (Å²) in [5.41, 5.74) is 0.970. The third-order valence-corrected chi connectivity index (χ3v) is 7.35. The molecule has 0 saturated carbocycles. The first kappa shape index (κ1) is 27.2. The van der Waals surface area contributed by atoms with Gasteiger partial charge in [-0.25, -0.2) is 27.3 Å². The van der Waals surface area contributed by atoms with E-state index < -0.39 is 21.7 Å². The molecule has 1 aromatic carbocycles. The number of hydrogen-bond acceptors (Lipinski definition) is 9. The minimum Gasteiger partial charge on any atom is -0.473 e. The Labute approximate surface area is 219 Å². The smallest absolute Gasteiger partial charge is 0.410 e. The summed E-state index contributed by atoms with van der Waals surface area (Å²) in [5.74, 6) is -1.28. The van der Waals surface area contributed by atoms with Gasteiger partial charge in [0.15, 0.2) is 0 Å². The third kappa shape index (κ3) is 5.69. The largest absolute Gasteiger partial charge is 0.473 e. The lowest BCUT2D eigenvalue weighted by Gasteiger charge is -2.31. The Morgan fingerprint density at radius 3 is 2.55 bits per heavy atom. The Bertz CT molecular complexity index is 1470. The highest BCUT2D eigenvalue weighted by Crippen LogP contribution is 2.33. The number of halogens is 1. The number of likely N-dealkylation sites (tertiary alicyclic amines) is 1. The molecule has 4 rings (SSSR count). The predicted octanol–water partition coefficient (Wildman–Crippen LogP) is 2.77. The van der Waals surface area contributed by atoms with Crippen LogP contribution in [-0.4, -0.2) is 70.4 Å². The number of benzene rings is 1. The maximum Gasteiger partial charge on any atom is 0.410 e. The molecule has 0 radical (unpaired) electrons. The SMILES string of the molecule is CCC(=O)NS(=O)(=O)c1ccc(-c2nn(C)c3c(OC4CCN(C(=O)OC(C)C)CC4)ncnc23)c(F)c1. The van der Waals surface area contributed by atoms with Gasteiger partial charge < -0.3 is 14.4 Å². The topological polar surface area (TPSA) is 146 Å². The summed E-state index contributed by atoms with van der Waals surface area (Å²) >= 11 is 0. The number of nitrogens with zero attached hydrogens (tertiary/aromatic N) is 5. The van der Waals surface area contributed by atoms with Gasteiger partial charge in [0.05, 0.1) is 11.0 Å². The van der Waals surface area contributed by atoms with E-state index >= 15 is 4.39 Å². The second-order valence-electron chi connectivity index (χ2n) is 9.11. The van der Waals surface area contributed by atoms with Crippen LogP contribution in [0.15, 0.2) is 29.4 Å². The molecule has 3 aromatic rings. The van der Waals surface area contributed by atoms with Crippen LogP contribution in [0.25, 0.3) is 22.3 Å². The number of hydrogen-bond donors (Lipinski definition) is 1. The molecule has 204 valence electrons. The van der Waals surface area contributed by atoms with Crippen molar-refractivity contribution >= 4 is 33.1 Å². The molecule has 1 saturated heterocycles. The zero-order valence-corrected chi connectivity index (χ0v) is 22.3. The number of amides is 2.